The summed E-state index contributed by atoms with van der Waals surface area (Å²) >= 11 is 0. The zero-order valence-electron chi connectivity index (χ0n) is 10.1. The van der Waals surface area contributed by atoms with Crippen molar-refractivity contribution in [3.63, 3.8) is 0 Å². The molecule has 0 bridgehead atoms. The van der Waals surface area contributed by atoms with Gasteiger partial charge in [0.25, 0.3) is 0 Å². The lowest BCUT2D eigenvalue weighted by molar-refractivity contribution is -0.0523. The van der Waals surface area contributed by atoms with Gasteiger partial charge in [-0.15, -0.1) is 0 Å². The van der Waals surface area contributed by atoms with Crippen molar-refractivity contribution in [1.82, 2.24) is 10.2 Å². The van der Waals surface area contributed by atoms with E-state index in [9.17, 15) is 0 Å². The Morgan fingerprint density at radius 3 is 2.64 bits per heavy atom. The van der Waals surface area contributed by atoms with Crippen LogP contribution in [0.1, 0.15) is 27.7 Å². The quantitative estimate of drug-likeness (QED) is 0.738. The van der Waals surface area contributed by atoms with Crippen molar-refractivity contribution in [1.29, 1.82) is 0 Å². The maximum absolute atomic E-state index is 5.53. The third-order valence-electron chi connectivity index (χ3n) is 3.48. The van der Waals surface area contributed by atoms with Crippen LogP contribution in [0.25, 0.3) is 0 Å². The topological polar surface area (TPSA) is 24.5 Å². The van der Waals surface area contributed by atoms with E-state index in [4.69, 9.17) is 4.74 Å². The van der Waals surface area contributed by atoms with Gasteiger partial charge in [-0.05, 0) is 27.7 Å². The van der Waals surface area contributed by atoms with E-state index in [0.717, 1.165) is 19.6 Å². The van der Waals surface area contributed by atoms with Crippen LogP contribution in [-0.2, 0) is 4.74 Å². The average molecular weight is 200 g/mol. The Labute approximate surface area is 87.8 Å². The lowest BCUT2D eigenvalue weighted by atomic mass is 9.97. The summed E-state index contributed by atoms with van der Waals surface area (Å²) in [5.74, 6) is 0. The molecule has 1 rings (SSSR count). The zero-order chi connectivity index (χ0) is 10.8. The summed E-state index contributed by atoms with van der Waals surface area (Å²) < 4.78 is 5.53. The standard InChI is InChI=1S/C11H24N2O/c1-9-8-13(7-6-12-9)10(2)11(3,4)14-5/h9-10,12H,6-8H2,1-5H3. The van der Waals surface area contributed by atoms with Gasteiger partial charge in [0.05, 0.1) is 5.60 Å². The summed E-state index contributed by atoms with van der Waals surface area (Å²) in [6, 6.07) is 1.07. The Bertz CT molecular complexity index is 182. The van der Waals surface area contributed by atoms with Gasteiger partial charge in [0.15, 0.2) is 0 Å². The summed E-state index contributed by atoms with van der Waals surface area (Å²) in [5, 5.41) is 3.45. The fourth-order valence-electron chi connectivity index (χ4n) is 1.92. The van der Waals surface area contributed by atoms with E-state index < -0.39 is 0 Å². The zero-order valence-corrected chi connectivity index (χ0v) is 10.1. The monoisotopic (exact) mass is 200 g/mol. The van der Waals surface area contributed by atoms with E-state index in [1.165, 1.54) is 0 Å². The van der Waals surface area contributed by atoms with Crippen LogP contribution in [0.5, 0.6) is 0 Å². The minimum Gasteiger partial charge on any atom is -0.377 e. The molecular weight excluding hydrogens is 176 g/mol. The number of rotatable bonds is 3. The molecule has 0 spiro atoms. The first-order chi connectivity index (χ1) is 6.47. The molecule has 0 aromatic rings. The van der Waals surface area contributed by atoms with Crippen LogP contribution in [0, 0.1) is 0 Å². The average Bonchev–Trinajstić information content (AvgIpc) is 2.16. The minimum absolute atomic E-state index is 0.0585. The summed E-state index contributed by atoms with van der Waals surface area (Å²) in [7, 11) is 1.79. The first-order valence-corrected chi connectivity index (χ1v) is 5.50. The molecule has 3 nitrogen and oxygen atoms in total. The first kappa shape index (κ1) is 12.0. The van der Waals surface area contributed by atoms with E-state index in [-0.39, 0.29) is 5.60 Å². The van der Waals surface area contributed by atoms with Crippen LogP contribution in [-0.4, -0.2) is 49.3 Å². The first-order valence-electron chi connectivity index (χ1n) is 5.50. The Morgan fingerprint density at radius 1 is 1.50 bits per heavy atom. The van der Waals surface area contributed by atoms with Crippen LogP contribution in [0.4, 0.5) is 0 Å². The second-order valence-corrected chi connectivity index (χ2v) is 4.83. The van der Waals surface area contributed by atoms with Crippen molar-refractivity contribution < 1.29 is 4.74 Å². The highest BCUT2D eigenvalue weighted by Crippen LogP contribution is 2.20. The maximum Gasteiger partial charge on any atom is 0.0774 e. The number of hydrogen-bond acceptors (Lipinski definition) is 3. The number of hydrogen-bond donors (Lipinski definition) is 1. The van der Waals surface area contributed by atoms with Gasteiger partial charge in [0.2, 0.25) is 0 Å². The van der Waals surface area contributed by atoms with E-state index in [0.29, 0.717) is 12.1 Å². The molecule has 0 radical (unpaired) electrons. The molecule has 1 N–H and O–H groups in total. The molecule has 0 aliphatic carbocycles. The van der Waals surface area contributed by atoms with E-state index in [1.807, 2.05) is 0 Å². The highest BCUT2D eigenvalue weighted by Gasteiger charge is 2.32. The molecule has 1 aliphatic rings. The molecule has 14 heavy (non-hydrogen) atoms. The van der Waals surface area contributed by atoms with Crippen molar-refractivity contribution in [3.05, 3.63) is 0 Å². The van der Waals surface area contributed by atoms with Gasteiger partial charge in [-0.25, -0.2) is 0 Å². The van der Waals surface area contributed by atoms with Crippen LogP contribution in [0.2, 0.25) is 0 Å². The van der Waals surface area contributed by atoms with Crippen molar-refractivity contribution in [3.8, 4) is 0 Å². The van der Waals surface area contributed by atoms with E-state index in [2.05, 4.69) is 37.9 Å². The van der Waals surface area contributed by atoms with Crippen LogP contribution >= 0.6 is 0 Å². The number of nitrogens with zero attached hydrogens (tertiary/aromatic N) is 1. The van der Waals surface area contributed by atoms with Gasteiger partial charge < -0.3 is 10.1 Å². The molecule has 2 atom stereocenters. The van der Waals surface area contributed by atoms with Gasteiger partial charge in [-0.1, -0.05) is 0 Å². The molecule has 0 aromatic carbocycles. The summed E-state index contributed by atoms with van der Waals surface area (Å²) in [6.45, 7) is 12.1. The molecular formula is C11H24N2O. The van der Waals surface area contributed by atoms with Crippen molar-refractivity contribution in [2.75, 3.05) is 26.7 Å². The highest BCUT2D eigenvalue weighted by atomic mass is 16.5. The van der Waals surface area contributed by atoms with Gasteiger partial charge >= 0.3 is 0 Å². The molecule has 1 aliphatic heterocycles. The lowest BCUT2D eigenvalue weighted by Crippen LogP contribution is -2.57. The van der Waals surface area contributed by atoms with Crippen LogP contribution in [0.3, 0.4) is 0 Å². The van der Waals surface area contributed by atoms with Crippen LogP contribution in [0.15, 0.2) is 0 Å². The maximum atomic E-state index is 5.53. The third-order valence-corrected chi connectivity index (χ3v) is 3.48. The van der Waals surface area contributed by atoms with Crippen molar-refractivity contribution >= 4 is 0 Å². The summed E-state index contributed by atoms with van der Waals surface area (Å²) in [4.78, 5) is 2.50. The summed E-state index contributed by atoms with van der Waals surface area (Å²) in [6.07, 6.45) is 0. The number of nitrogens with one attached hydrogen (secondary N) is 1. The van der Waals surface area contributed by atoms with E-state index >= 15 is 0 Å². The lowest BCUT2D eigenvalue weighted by Gasteiger charge is -2.42. The highest BCUT2D eigenvalue weighted by molar-refractivity contribution is 4.88. The molecule has 0 amide bonds. The van der Waals surface area contributed by atoms with Gasteiger partial charge in [-0.2, -0.15) is 0 Å². The van der Waals surface area contributed by atoms with E-state index in [1.54, 1.807) is 7.11 Å². The summed E-state index contributed by atoms with van der Waals surface area (Å²) in [5.41, 5.74) is -0.0585. The Morgan fingerprint density at radius 2 is 2.14 bits per heavy atom. The number of methoxy groups -OCH3 is 1. The largest absolute Gasteiger partial charge is 0.377 e. The second-order valence-electron chi connectivity index (χ2n) is 4.83. The van der Waals surface area contributed by atoms with Gasteiger partial charge in [0, 0.05) is 38.8 Å². The Balaban J connectivity index is 2.55. The Hall–Kier alpha value is -0.120. The van der Waals surface area contributed by atoms with Crippen molar-refractivity contribution in [2.24, 2.45) is 0 Å². The number of piperazine rings is 1. The number of ether oxygens (including phenoxy) is 1. The molecule has 1 heterocycles. The van der Waals surface area contributed by atoms with Crippen molar-refractivity contribution in [2.45, 2.75) is 45.4 Å². The Kier molecular flexibility index (Phi) is 3.93. The minimum atomic E-state index is -0.0585. The predicted molar refractivity (Wildman–Crippen MR) is 59.6 cm³/mol. The van der Waals surface area contributed by atoms with Gasteiger partial charge in [-0.3, -0.25) is 4.90 Å². The molecule has 2 unspecified atom stereocenters. The molecule has 1 saturated heterocycles. The molecule has 0 aromatic heterocycles. The fraction of sp³-hybridized carbons (Fsp3) is 1.00. The fourth-order valence-corrected chi connectivity index (χ4v) is 1.92. The van der Waals surface area contributed by atoms with Crippen LogP contribution < -0.4 is 5.32 Å². The van der Waals surface area contributed by atoms with Gasteiger partial charge in [0.1, 0.15) is 0 Å². The molecule has 0 saturated carbocycles. The molecule has 3 heteroatoms. The SMILES string of the molecule is COC(C)(C)C(C)N1CCNC(C)C1. The predicted octanol–water partition coefficient (Wildman–Crippen LogP) is 1.09. The second kappa shape index (κ2) is 4.60. The molecule has 1 fully saturated rings. The molecule has 84 valence electrons. The smallest absolute Gasteiger partial charge is 0.0774 e. The normalized spacial score (nSPS) is 27.6. The third kappa shape index (κ3) is 2.69.